The molecule has 1 aromatic rings. The van der Waals surface area contributed by atoms with Crippen LogP contribution in [0.25, 0.3) is 0 Å². The number of benzene rings is 1. The summed E-state index contributed by atoms with van der Waals surface area (Å²) < 4.78 is 6.03. The molecule has 0 bridgehead atoms. The molecule has 2 atom stereocenters. The zero-order valence-electron chi connectivity index (χ0n) is 12.6. The van der Waals surface area contributed by atoms with E-state index in [0.717, 1.165) is 31.9 Å². The molecule has 1 saturated carbocycles. The SMILES string of the molecule is OC1CNCC1CNCc1cccc(OC2CCCC2)c1. The van der Waals surface area contributed by atoms with E-state index in [0.29, 0.717) is 12.0 Å². The van der Waals surface area contributed by atoms with Gasteiger partial charge in [0.25, 0.3) is 0 Å². The van der Waals surface area contributed by atoms with Crippen LogP contribution in [0.15, 0.2) is 24.3 Å². The van der Waals surface area contributed by atoms with Crippen molar-refractivity contribution in [2.45, 2.75) is 44.4 Å². The lowest BCUT2D eigenvalue weighted by molar-refractivity contribution is 0.146. The summed E-state index contributed by atoms with van der Waals surface area (Å²) >= 11 is 0. The minimum absolute atomic E-state index is 0.213. The Balaban J connectivity index is 1.46. The predicted molar refractivity (Wildman–Crippen MR) is 83.4 cm³/mol. The Hall–Kier alpha value is -1.10. The molecular weight excluding hydrogens is 264 g/mol. The summed E-state index contributed by atoms with van der Waals surface area (Å²) in [4.78, 5) is 0. The van der Waals surface area contributed by atoms with E-state index in [4.69, 9.17) is 4.74 Å². The van der Waals surface area contributed by atoms with Crippen LogP contribution in [-0.2, 0) is 6.54 Å². The van der Waals surface area contributed by atoms with Gasteiger partial charge in [-0.3, -0.25) is 0 Å². The van der Waals surface area contributed by atoms with E-state index < -0.39 is 0 Å². The molecule has 116 valence electrons. The van der Waals surface area contributed by atoms with Crippen molar-refractivity contribution >= 4 is 0 Å². The van der Waals surface area contributed by atoms with Gasteiger partial charge in [0.15, 0.2) is 0 Å². The summed E-state index contributed by atoms with van der Waals surface area (Å²) in [5.74, 6) is 1.31. The minimum Gasteiger partial charge on any atom is -0.490 e. The van der Waals surface area contributed by atoms with Crippen molar-refractivity contribution in [3.05, 3.63) is 29.8 Å². The van der Waals surface area contributed by atoms with Crippen LogP contribution in [0.2, 0.25) is 0 Å². The fourth-order valence-electron chi connectivity index (χ4n) is 3.26. The second kappa shape index (κ2) is 7.25. The molecule has 2 aliphatic rings. The standard InChI is InChI=1S/C17H26N2O2/c20-17-12-19-11-14(17)10-18-9-13-4-3-7-16(8-13)21-15-5-1-2-6-15/h3-4,7-8,14-15,17-20H,1-2,5-6,9-12H2. The average molecular weight is 290 g/mol. The largest absolute Gasteiger partial charge is 0.490 e. The quantitative estimate of drug-likeness (QED) is 0.746. The van der Waals surface area contributed by atoms with Crippen LogP contribution >= 0.6 is 0 Å². The normalized spacial score (nSPS) is 26.3. The van der Waals surface area contributed by atoms with E-state index in [2.05, 4.69) is 28.8 Å². The van der Waals surface area contributed by atoms with E-state index in [1.807, 2.05) is 6.07 Å². The summed E-state index contributed by atoms with van der Waals surface area (Å²) in [6.45, 7) is 3.29. The Kier molecular flexibility index (Phi) is 5.12. The van der Waals surface area contributed by atoms with Crippen molar-refractivity contribution in [2.24, 2.45) is 5.92 Å². The van der Waals surface area contributed by atoms with Gasteiger partial charge in [-0.1, -0.05) is 12.1 Å². The fraction of sp³-hybridized carbons (Fsp3) is 0.647. The second-order valence-corrected chi connectivity index (χ2v) is 6.29. The zero-order valence-corrected chi connectivity index (χ0v) is 12.6. The molecule has 1 heterocycles. The number of β-amino-alcohol motifs (C(OH)–C–C–N with tert-alkyl or cyclic N) is 1. The van der Waals surface area contributed by atoms with Crippen molar-refractivity contribution in [3.8, 4) is 5.75 Å². The first-order valence-corrected chi connectivity index (χ1v) is 8.16. The molecule has 0 radical (unpaired) electrons. The Morgan fingerprint density at radius 3 is 2.86 bits per heavy atom. The molecule has 3 N–H and O–H groups in total. The summed E-state index contributed by atoms with van der Waals surface area (Å²) in [7, 11) is 0. The lowest BCUT2D eigenvalue weighted by atomic mass is 10.1. The van der Waals surface area contributed by atoms with Crippen LogP contribution in [0.3, 0.4) is 0 Å². The topological polar surface area (TPSA) is 53.5 Å². The first-order valence-electron chi connectivity index (χ1n) is 8.16. The first kappa shape index (κ1) is 14.8. The number of rotatable bonds is 6. The van der Waals surface area contributed by atoms with Gasteiger partial charge >= 0.3 is 0 Å². The van der Waals surface area contributed by atoms with Crippen LogP contribution in [0.1, 0.15) is 31.2 Å². The molecule has 4 heteroatoms. The predicted octanol–water partition coefficient (Wildman–Crippen LogP) is 1.68. The molecule has 1 saturated heterocycles. The molecule has 1 aromatic carbocycles. The molecule has 3 rings (SSSR count). The monoisotopic (exact) mass is 290 g/mol. The molecule has 21 heavy (non-hydrogen) atoms. The van der Waals surface area contributed by atoms with Crippen molar-refractivity contribution in [2.75, 3.05) is 19.6 Å². The number of hydrogen-bond donors (Lipinski definition) is 3. The summed E-state index contributed by atoms with van der Waals surface area (Å²) in [6, 6.07) is 8.37. The van der Waals surface area contributed by atoms with Gasteiger partial charge in [-0.2, -0.15) is 0 Å². The van der Waals surface area contributed by atoms with Gasteiger partial charge in [-0.05, 0) is 43.4 Å². The molecule has 0 aromatic heterocycles. The highest BCUT2D eigenvalue weighted by molar-refractivity contribution is 5.28. The molecule has 0 spiro atoms. The summed E-state index contributed by atoms with van der Waals surface area (Å²) in [6.07, 6.45) is 5.17. The summed E-state index contributed by atoms with van der Waals surface area (Å²) in [5, 5.41) is 16.4. The van der Waals surface area contributed by atoms with Gasteiger partial charge in [0.1, 0.15) is 5.75 Å². The van der Waals surface area contributed by atoms with Gasteiger partial charge in [0.05, 0.1) is 12.2 Å². The first-order chi connectivity index (χ1) is 10.3. The van der Waals surface area contributed by atoms with Crippen LogP contribution < -0.4 is 15.4 Å². The fourth-order valence-corrected chi connectivity index (χ4v) is 3.26. The highest BCUT2D eigenvalue weighted by Gasteiger charge is 2.24. The molecular formula is C17H26N2O2. The van der Waals surface area contributed by atoms with Crippen LogP contribution in [0, 0.1) is 5.92 Å². The van der Waals surface area contributed by atoms with Gasteiger partial charge in [-0.25, -0.2) is 0 Å². The maximum absolute atomic E-state index is 9.77. The number of ether oxygens (including phenoxy) is 1. The van der Waals surface area contributed by atoms with Crippen molar-refractivity contribution < 1.29 is 9.84 Å². The Labute approximate surface area is 126 Å². The number of aliphatic hydroxyl groups is 1. The van der Waals surface area contributed by atoms with E-state index in [1.165, 1.54) is 31.2 Å². The van der Waals surface area contributed by atoms with E-state index >= 15 is 0 Å². The average Bonchev–Trinajstić information content (AvgIpc) is 3.12. The van der Waals surface area contributed by atoms with Crippen LogP contribution in [0.4, 0.5) is 0 Å². The van der Waals surface area contributed by atoms with Gasteiger partial charge in [-0.15, -0.1) is 0 Å². The van der Waals surface area contributed by atoms with E-state index in [-0.39, 0.29) is 6.10 Å². The molecule has 1 aliphatic heterocycles. The third-order valence-electron chi connectivity index (χ3n) is 4.54. The van der Waals surface area contributed by atoms with Crippen molar-refractivity contribution in [1.82, 2.24) is 10.6 Å². The maximum Gasteiger partial charge on any atom is 0.120 e. The Morgan fingerprint density at radius 1 is 1.24 bits per heavy atom. The van der Waals surface area contributed by atoms with Crippen LogP contribution in [0.5, 0.6) is 5.75 Å². The molecule has 0 amide bonds. The van der Waals surface area contributed by atoms with Crippen molar-refractivity contribution in [3.63, 3.8) is 0 Å². The third-order valence-corrected chi connectivity index (χ3v) is 4.54. The summed E-state index contributed by atoms with van der Waals surface area (Å²) in [5.41, 5.74) is 1.24. The van der Waals surface area contributed by atoms with Gasteiger partial charge in [0, 0.05) is 32.1 Å². The molecule has 2 unspecified atom stereocenters. The second-order valence-electron chi connectivity index (χ2n) is 6.29. The van der Waals surface area contributed by atoms with E-state index in [9.17, 15) is 5.11 Å². The minimum atomic E-state index is -0.213. The molecule has 4 nitrogen and oxygen atoms in total. The smallest absolute Gasteiger partial charge is 0.120 e. The van der Waals surface area contributed by atoms with Gasteiger partial charge < -0.3 is 20.5 Å². The number of nitrogens with one attached hydrogen (secondary N) is 2. The molecule has 1 aliphatic carbocycles. The van der Waals surface area contributed by atoms with Crippen LogP contribution in [-0.4, -0.2) is 36.9 Å². The third kappa shape index (κ3) is 4.19. The lowest BCUT2D eigenvalue weighted by Crippen LogP contribution is -2.30. The van der Waals surface area contributed by atoms with E-state index in [1.54, 1.807) is 0 Å². The maximum atomic E-state index is 9.77. The van der Waals surface area contributed by atoms with Gasteiger partial charge in [0.2, 0.25) is 0 Å². The lowest BCUT2D eigenvalue weighted by Gasteiger charge is -2.16. The molecule has 2 fully saturated rings. The zero-order chi connectivity index (χ0) is 14.5. The highest BCUT2D eigenvalue weighted by atomic mass is 16.5. The van der Waals surface area contributed by atoms with Crippen molar-refractivity contribution in [1.29, 1.82) is 0 Å². The number of hydrogen-bond acceptors (Lipinski definition) is 4. The highest BCUT2D eigenvalue weighted by Crippen LogP contribution is 2.24. The number of aliphatic hydroxyl groups excluding tert-OH is 1. The Bertz CT molecular complexity index is 446. The Morgan fingerprint density at radius 2 is 2.10 bits per heavy atom.